The Morgan fingerprint density at radius 2 is 2.03 bits per heavy atom. The van der Waals surface area contributed by atoms with Crippen molar-refractivity contribution in [2.45, 2.75) is 12.8 Å². The zero-order valence-corrected chi connectivity index (χ0v) is 15.8. The average Bonchev–Trinajstić information content (AvgIpc) is 3.08. The van der Waals surface area contributed by atoms with E-state index in [1.807, 2.05) is 0 Å². The Balaban J connectivity index is 1.61. The molecule has 2 aromatic rings. The van der Waals surface area contributed by atoms with Crippen LogP contribution in [0, 0.1) is 21.8 Å². The van der Waals surface area contributed by atoms with Crippen molar-refractivity contribution >= 4 is 23.2 Å². The molecule has 2 amide bonds. The molecule has 1 saturated heterocycles. The van der Waals surface area contributed by atoms with Crippen LogP contribution in [0.15, 0.2) is 42.5 Å². The van der Waals surface area contributed by atoms with Crippen LogP contribution in [0.3, 0.4) is 0 Å². The molecule has 1 N–H and O–H groups in total. The lowest BCUT2D eigenvalue weighted by Gasteiger charge is -2.16. The number of halogens is 1. The first-order valence-electron chi connectivity index (χ1n) is 9.03. The van der Waals surface area contributed by atoms with Crippen LogP contribution in [-0.2, 0) is 16.0 Å². The Morgan fingerprint density at radius 3 is 2.69 bits per heavy atom. The van der Waals surface area contributed by atoms with E-state index in [1.165, 1.54) is 37.4 Å². The van der Waals surface area contributed by atoms with Crippen molar-refractivity contribution in [2.75, 3.05) is 25.5 Å². The monoisotopic (exact) mass is 401 g/mol. The number of carbonyl (C=O) groups excluding carboxylic acids is 2. The SMILES string of the molecule is COc1ccc(NC(=O)[C@@H]2CC(=O)N(CCc3ccc(F)cc3)C2)c([N+](=O)[O-])c1. The van der Waals surface area contributed by atoms with Crippen LogP contribution in [0.2, 0.25) is 0 Å². The van der Waals surface area contributed by atoms with Crippen LogP contribution in [-0.4, -0.2) is 41.8 Å². The third-order valence-electron chi connectivity index (χ3n) is 4.83. The summed E-state index contributed by atoms with van der Waals surface area (Å²) in [5.41, 5.74) is 0.661. The summed E-state index contributed by atoms with van der Waals surface area (Å²) in [6.45, 7) is 0.646. The van der Waals surface area contributed by atoms with Gasteiger partial charge in [-0.2, -0.15) is 0 Å². The first-order chi connectivity index (χ1) is 13.9. The van der Waals surface area contributed by atoms with Gasteiger partial charge in [-0.3, -0.25) is 19.7 Å². The van der Waals surface area contributed by atoms with Gasteiger partial charge in [-0.25, -0.2) is 4.39 Å². The molecule has 29 heavy (non-hydrogen) atoms. The minimum atomic E-state index is -0.604. The number of nitro groups is 1. The van der Waals surface area contributed by atoms with E-state index in [4.69, 9.17) is 4.74 Å². The van der Waals surface area contributed by atoms with E-state index in [2.05, 4.69) is 5.32 Å². The van der Waals surface area contributed by atoms with Crippen molar-refractivity contribution in [3.05, 3.63) is 64.0 Å². The molecule has 1 fully saturated rings. The lowest BCUT2D eigenvalue weighted by Crippen LogP contribution is -2.30. The predicted octanol–water partition coefficient (Wildman–Crippen LogP) is 2.77. The number of nitro benzene ring substituents is 1. The molecule has 0 aromatic heterocycles. The van der Waals surface area contributed by atoms with Gasteiger partial charge in [0.15, 0.2) is 0 Å². The van der Waals surface area contributed by atoms with Crippen LogP contribution in [0.5, 0.6) is 5.75 Å². The molecule has 8 nitrogen and oxygen atoms in total. The second-order valence-electron chi connectivity index (χ2n) is 6.75. The molecular formula is C20H20FN3O5. The van der Waals surface area contributed by atoms with Crippen molar-refractivity contribution in [2.24, 2.45) is 5.92 Å². The Morgan fingerprint density at radius 1 is 1.31 bits per heavy atom. The molecule has 0 unspecified atom stereocenters. The van der Waals surface area contributed by atoms with Crippen LogP contribution in [0.1, 0.15) is 12.0 Å². The van der Waals surface area contributed by atoms with Gasteiger partial charge in [0.2, 0.25) is 11.8 Å². The molecular weight excluding hydrogens is 381 g/mol. The van der Waals surface area contributed by atoms with Crippen LogP contribution >= 0.6 is 0 Å². The number of ether oxygens (including phenoxy) is 1. The number of hydrogen-bond acceptors (Lipinski definition) is 5. The maximum Gasteiger partial charge on any atom is 0.296 e. The molecule has 9 heteroatoms. The minimum absolute atomic E-state index is 0.0409. The molecule has 1 aliphatic heterocycles. The molecule has 0 saturated carbocycles. The number of methoxy groups -OCH3 is 1. The summed E-state index contributed by atoms with van der Waals surface area (Å²) in [5.74, 6) is -1.22. The highest BCUT2D eigenvalue weighted by molar-refractivity contribution is 5.98. The Bertz CT molecular complexity index is 932. The fraction of sp³-hybridized carbons (Fsp3) is 0.300. The van der Waals surface area contributed by atoms with Gasteiger partial charge in [-0.05, 0) is 36.2 Å². The maximum atomic E-state index is 13.0. The minimum Gasteiger partial charge on any atom is -0.496 e. The van der Waals surface area contributed by atoms with E-state index < -0.39 is 16.7 Å². The van der Waals surface area contributed by atoms with Gasteiger partial charge in [0.05, 0.1) is 24.0 Å². The summed E-state index contributed by atoms with van der Waals surface area (Å²) in [6.07, 6.45) is 0.587. The van der Waals surface area contributed by atoms with Crippen molar-refractivity contribution in [3.8, 4) is 5.75 Å². The lowest BCUT2D eigenvalue weighted by molar-refractivity contribution is -0.384. The van der Waals surface area contributed by atoms with E-state index >= 15 is 0 Å². The van der Waals surface area contributed by atoms with E-state index in [-0.39, 0.29) is 36.1 Å². The highest BCUT2D eigenvalue weighted by atomic mass is 19.1. The van der Waals surface area contributed by atoms with Crippen molar-refractivity contribution in [1.29, 1.82) is 0 Å². The molecule has 0 radical (unpaired) electrons. The number of carbonyl (C=O) groups is 2. The largest absolute Gasteiger partial charge is 0.496 e. The van der Waals surface area contributed by atoms with Gasteiger partial charge >= 0.3 is 0 Å². The highest BCUT2D eigenvalue weighted by Crippen LogP contribution is 2.30. The highest BCUT2D eigenvalue weighted by Gasteiger charge is 2.34. The number of likely N-dealkylation sites (tertiary alicyclic amines) is 1. The van der Waals surface area contributed by atoms with Gasteiger partial charge in [0, 0.05) is 19.5 Å². The Labute approximate surface area is 166 Å². The van der Waals surface area contributed by atoms with Gasteiger partial charge < -0.3 is 15.0 Å². The molecule has 0 spiro atoms. The maximum absolute atomic E-state index is 13.0. The summed E-state index contributed by atoms with van der Waals surface area (Å²) in [7, 11) is 1.39. The van der Waals surface area contributed by atoms with Gasteiger partial charge in [-0.15, -0.1) is 0 Å². The molecule has 0 aliphatic carbocycles. The third kappa shape index (κ3) is 4.87. The average molecular weight is 401 g/mol. The van der Waals surface area contributed by atoms with Gasteiger partial charge in [-0.1, -0.05) is 12.1 Å². The van der Waals surface area contributed by atoms with Gasteiger partial charge in [0.1, 0.15) is 17.3 Å². The predicted molar refractivity (Wildman–Crippen MR) is 103 cm³/mol. The molecule has 2 aromatic carbocycles. The number of nitrogens with one attached hydrogen (secondary N) is 1. The number of benzene rings is 2. The van der Waals surface area contributed by atoms with Crippen molar-refractivity contribution in [1.82, 2.24) is 4.90 Å². The fourth-order valence-electron chi connectivity index (χ4n) is 3.21. The van der Waals surface area contributed by atoms with Crippen LogP contribution < -0.4 is 10.1 Å². The van der Waals surface area contributed by atoms with E-state index in [0.29, 0.717) is 18.7 Å². The second kappa shape index (κ2) is 8.68. The molecule has 1 atom stereocenters. The van der Waals surface area contributed by atoms with E-state index in [1.54, 1.807) is 17.0 Å². The number of nitrogens with zero attached hydrogens (tertiary/aromatic N) is 2. The quantitative estimate of drug-likeness (QED) is 0.568. The number of hydrogen-bond donors (Lipinski definition) is 1. The van der Waals surface area contributed by atoms with Crippen molar-refractivity contribution in [3.63, 3.8) is 0 Å². The van der Waals surface area contributed by atoms with Crippen LogP contribution in [0.25, 0.3) is 0 Å². The molecule has 1 heterocycles. The molecule has 0 bridgehead atoms. The zero-order chi connectivity index (χ0) is 21.0. The third-order valence-corrected chi connectivity index (χ3v) is 4.83. The summed E-state index contributed by atoms with van der Waals surface area (Å²) in [5, 5.41) is 13.8. The topological polar surface area (TPSA) is 102 Å². The normalized spacial score (nSPS) is 16.0. The number of rotatable bonds is 7. The summed E-state index contributed by atoms with van der Waals surface area (Å²) >= 11 is 0. The summed E-state index contributed by atoms with van der Waals surface area (Å²) in [4.78, 5) is 37.0. The van der Waals surface area contributed by atoms with E-state index in [9.17, 15) is 24.1 Å². The Hall–Kier alpha value is -3.49. The first kappa shape index (κ1) is 20.2. The summed E-state index contributed by atoms with van der Waals surface area (Å²) < 4.78 is 17.9. The number of amides is 2. The van der Waals surface area contributed by atoms with Crippen molar-refractivity contribution < 1.29 is 23.6 Å². The second-order valence-corrected chi connectivity index (χ2v) is 6.75. The lowest BCUT2D eigenvalue weighted by atomic mass is 10.1. The smallest absolute Gasteiger partial charge is 0.296 e. The molecule has 3 rings (SSSR count). The van der Waals surface area contributed by atoms with E-state index in [0.717, 1.165) is 5.56 Å². The molecule has 152 valence electrons. The van der Waals surface area contributed by atoms with Crippen LogP contribution in [0.4, 0.5) is 15.8 Å². The number of anilines is 1. The van der Waals surface area contributed by atoms with Gasteiger partial charge in [0.25, 0.3) is 5.69 Å². The summed E-state index contributed by atoms with van der Waals surface area (Å²) in [6, 6.07) is 10.2. The standard InChI is InChI=1S/C20H20FN3O5/c1-29-16-6-7-17(18(11-16)24(27)28)22-20(26)14-10-19(25)23(12-14)9-8-13-2-4-15(21)5-3-13/h2-7,11,14H,8-10,12H2,1H3,(H,22,26)/t14-/m1/s1. The zero-order valence-electron chi connectivity index (χ0n) is 15.8. The fourth-order valence-corrected chi connectivity index (χ4v) is 3.21. The Kier molecular flexibility index (Phi) is 6.06. The molecule has 1 aliphatic rings. The first-order valence-corrected chi connectivity index (χ1v) is 9.03.